The Morgan fingerprint density at radius 1 is 1.10 bits per heavy atom. The first-order chi connectivity index (χ1) is 19.6. The van der Waals surface area contributed by atoms with Crippen LogP contribution in [-0.4, -0.2) is 27.0 Å². The molecule has 0 N–H and O–H groups in total. The number of aromatic nitrogens is 1. The Balaban J connectivity index is 1.67. The zero-order valence-corrected chi connectivity index (χ0v) is 22.8. The van der Waals surface area contributed by atoms with E-state index in [1.165, 1.54) is 22.8 Å². The lowest BCUT2D eigenvalue weighted by Crippen LogP contribution is -2.40. The summed E-state index contributed by atoms with van der Waals surface area (Å²) in [4.78, 5) is 53.7. The van der Waals surface area contributed by atoms with Gasteiger partial charge in [0.1, 0.15) is 11.5 Å². The van der Waals surface area contributed by atoms with Crippen LogP contribution in [0.15, 0.2) is 80.1 Å². The maximum Gasteiger partial charge on any atom is 0.338 e. The number of nitrogens with zero attached hydrogens (tertiary/aromatic N) is 4. The number of rotatable bonds is 7. The summed E-state index contributed by atoms with van der Waals surface area (Å²) in [5.74, 6) is -0.162. The molecule has 2 aromatic carbocycles. The van der Waals surface area contributed by atoms with E-state index in [1.54, 1.807) is 63.2 Å². The number of thiazole rings is 1. The van der Waals surface area contributed by atoms with Crippen LogP contribution in [-0.2, 0) is 9.53 Å². The van der Waals surface area contributed by atoms with Gasteiger partial charge in [0, 0.05) is 23.8 Å². The predicted molar refractivity (Wildman–Crippen MR) is 149 cm³/mol. The summed E-state index contributed by atoms with van der Waals surface area (Å²) in [6.45, 7) is 4.95. The Morgan fingerprint density at radius 2 is 1.83 bits per heavy atom. The van der Waals surface area contributed by atoms with Gasteiger partial charge in [-0.15, -0.1) is 0 Å². The van der Waals surface area contributed by atoms with Crippen molar-refractivity contribution in [3.05, 3.63) is 123 Å². The molecule has 1 aliphatic heterocycles. The molecule has 3 heterocycles. The number of carbonyl (C=O) groups excluding carboxylic acids is 1. The summed E-state index contributed by atoms with van der Waals surface area (Å²) in [5.41, 5.74) is 0.708. The van der Waals surface area contributed by atoms with Gasteiger partial charge in [-0.3, -0.25) is 29.6 Å². The number of nitro groups is 2. The van der Waals surface area contributed by atoms with Crippen molar-refractivity contribution in [2.45, 2.75) is 26.8 Å². The Kier molecular flexibility index (Phi) is 7.20. The maximum atomic E-state index is 13.8. The normalized spacial score (nSPS) is 14.9. The molecular formula is C28H22N4O8S. The number of para-hydroxylation sites is 1. The van der Waals surface area contributed by atoms with E-state index in [4.69, 9.17) is 9.15 Å². The molecule has 0 bridgehead atoms. The average Bonchev–Trinajstić information content (AvgIpc) is 3.52. The van der Waals surface area contributed by atoms with Crippen LogP contribution >= 0.6 is 11.3 Å². The van der Waals surface area contributed by atoms with Gasteiger partial charge in [-0.25, -0.2) is 9.79 Å². The fraction of sp³-hybridized carbons (Fsp3) is 0.179. The molecule has 13 heteroatoms. The van der Waals surface area contributed by atoms with Gasteiger partial charge in [-0.2, -0.15) is 0 Å². The number of hydrogen-bond acceptors (Lipinski definition) is 10. The number of nitro benzene ring substituents is 2. The molecule has 0 saturated carbocycles. The maximum absolute atomic E-state index is 13.8. The molecule has 0 spiro atoms. The smallest absolute Gasteiger partial charge is 0.338 e. The van der Waals surface area contributed by atoms with Crippen LogP contribution in [0.3, 0.4) is 0 Å². The molecule has 1 aliphatic rings. The van der Waals surface area contributed by atoms with Crippen molar-refractivity contribution < 1.29 is 23.8 Å². The molecule has 0 fully saturated rings. The van der Waals surface area contributed by atoms with E-state index in [0.717, 1.165) is 11.3 Å². The third kappa shape index (κ3) is 4.98. The molecule has 0 amide bonds. The van der Waals surface area contributed by atoms with Gasteiger partial charge in [0.25, 0.3) is 16.9 Å². The standard InChI is InChI=1S/C28H22N4O8S/c1-4-39-27(34)24-16(3)29-28-30(25(24)17-10-9-15(2)21(13-17)32(37)38)26(33)23(41-28)14-18-11-12-22(40-18)19-7-5-6-8-20(19)31(35)36/h5-14,25H,4H2,1-3H3/b23-14+/t25-/m1/s1. The van der Waals surface area contributed by atoms with Gasteiger partial charge in [0.05, 0.1) is 43.9 Å². The van der Waals surface area contributed by atoms with Crippen molar-refractivity contribution in [3.8, 4) is 11.3 Å². The lowest BCUT2D eigenvalue weighted by Gasteiger charge is -2.24. The van der Waals surface area contributed by atoms with Crippen molar-refractivity contribution in [2.75, 3.05) is 6.61 Å². The molecule has 1 atom stereocenters. The number of aryl methyl sites for hydroxylation is 1. The molecule has 0 radical (unpaired) electrons. The summed E-state index contributed by atoms with van der Waals surface area (Å²) in [7, 11) is 0. The zero-order valence-electron chi connectivity index (χ0n) is 22.0. The van der Waals surface area contributed by atoms with Crippen LogP contribution in [0.2, 0.25) is 0 Å². The second kappa shape index (κ2) is 10.8. The van der Waals surface area contributed by atoms with Gasteiger partial charge in [-0.05, 0) is 44.5 Å². The van der Waals surface area contributed by atoms with Gasteiger partial charge in [-0.1, -0.05) is 35.6 Å². The first-order valence-electron chi connectivity index (χ1n) is 12.4. The number of furan rings is 1. The average molecular weight is 575 g/mol. The van der Waals surface area contributed by atoms with Crippen LogP contribution in [0.5, 0.6) is 0 Å². The first-order valence-corrected chi connectivity index (χ1v) is 13.2. The highest BCUT2D eigenvalue weighted by molar-refractivity contribution is 7.07. The van der Waals surface area contributed by atoms with Crippen LogP contribution in [0.25, 0.3) is 17.4 Å². The Hall–Kier alpha value is -5.17. The third-order valence-corrected chi connectivity index (χ3v) is 7.51. The van der Waals surface area contributed by atoms with Gasteiger partial charge in [0.15, 0.2) is 4.80 Å². The number of allylic oxidation sites excluding steroid dienone is 1. The van der Waals surface area contributed by atoms with E-state index in [2.05, 4.69) is 4.99 Å². The Morgan fingerprint density at radius 3 is 2.54 bits per heavy atom. The predicted octanol–water partition coefficient (Wildman–Crippen LogP) is 4.18. The fourth-order valence-corrected chi connectivity index (χ4v) is 5.67. The number of hydrogen-bond donors (Lipinski definition) is 0. The molecule has 0 aliphatic carbocycles. The van der Waals surface area contributed by atoms with Crippen molar-refractivity contribution in [1.82, 2.24) is 4.57 Å². The largest absolute Gasteiger partial charge is 0.463 e. The lowest BCUT2D eigenvalue weighted by atomic mass is 9.94. The Bertz CT molecular complexity index is 1950. The lowest BCUT2D eigenvalue weighted by molar-refractivity contribution is -0.385. The van der Waals surface area contributed by atoms with Crippen molar-refractivity contribution in [1.29, 1.82) is 0 Å². The SMILES string of the molecule is CCOC(=O)C1=C(C)N=c2s/c(=C/c3ccc(-c4ccccc4[N+](=O)[O-])o3)c(=O)n2[C@@H]1c1ccc(C)c([N+](=O)[O-])c1. The topological polar surface area (TPSA) is 160 Å². The molecule has 0 saturated heterocycles. The van der Waals surface area contributed by atoms with Gasteiger partial charge >= 0.3 is 5.97 Å². The molecule has 208 valence electrons. The summed E-state index contributed by atoms with van der Waals surface area (Å²) < 4.78 is 12.6. The minimum Gasteiger partial charge on any atom is -0.463 e. The first kappa shape index (κ1) is 27.4. The quantitative estimate of drug-likeness (QED) is 0.180. The second-order valence-electron chi connectivity index (χ2n) is 9.08. The minimum absolute atomic E-state index is 0.0845. The second-order valence-corrected chi connectivity index (χ2v) is 10.1. The number of benzene rings is 2. The number of carbonyl (C=O) groups is 1. The fourth-order valence-electron chi connectivity index (χ4n) is 4.65. The molecule has 41 heavy (non-hydrogen) atoms. The molecule has 0 unspecified atom stereocenters. The van der Waals surface area contributed by atoms with Crippen LogP contribution < -0.4 is 14.9 Å². The summed E-state index contributed by atoms with van der Waals surface area (Å²) in [6.07, 6.45) is 1.49. The van der Waals surface area contributed by atoms with E-state index >= 15 is 0 Å². The molecule has 4 aromatic rings. The van der Waals surface area contributed by atoms with Crippen LogP contribution in [0, 0.1) is 27.2 Å². The summed E-state index contributed by atoms with van der Waals surface area (Å²) in [5, 5.41) is 23.1. The molecular weight excluding hydrogens is 552 g/mol. The van der Waals surface area contributed by atoms with Crippen molar-refractivity contribution in [3.63, 3.8) is 0 Å². The van der Waals surface area contributed by atoms with E-state index in [1.807, 2.05) is 0 Å². The van der Waals surface area contributed by atoms with E-state index in [-0.39, 0.29) is 50.0 Å². The number of ether oxygens (including phenoxy) is 1. The minimum atomic E-state index is -1.02. The van der Waals surface area contributed by atoms with Crippen molar-refractivity contribution in [2.24, 2.45) is 4.99 Å². The van der Waals surface area contributed by atoms with Crippen LogP contribution in [0.1, 0.15) is 36.8 Å². The van der Waals surface area contributed by atoms with E-state index in [0.29, 0.717) is 16.8 Å². The Labute approximate surface area is 235 Å². The summed E-state index contributed by atoms with van der Waals surface area (Å²) in [6, 6.07) is 12.8. The molecule has 2 aromatic heterocycles. The highest BCUT2D eigenvalue weighted by Crippen LogP contribution is 2.34. The highest BCUT2D eigenvalue weighted by Gasteiger charge is 2.34. The number of esters is 1. The highest BCUT2D eigenvalue weighted by atomic mass is 32.1. The number of fused-ring (bicyclic) bond motifs is 1. The molecule has 12 nitrogen and oxygen atoms in total. The monoisotopic (exact) mass is 574 g/mol. The van der Waals surface area contributed by atoms with E-state index in [9.17, 15) is 29.8 Å². The van der Waals surface area contributed by atoms with Gasteiger partial charge in [0.2, 0.25) is 0 Å². The van der Waals surface area contributed by atoms with Crippen LogP contribution in [0.4, 0.5) is 11.4 Å². The zero-order chi connectivity index (χ0) is 29.4. The molecule has 5 rings (SSSR count). The van der Waals surface area contributed by atoms with E-state index < -0.39 is 27.4 Å². The van der Waals surface area contributed by atoms with Gasteiger partial charge < -0.3 is 9.15 Å². The van der Waals surface area contributed by atoms with Crippen molar-refractivity contribution >= 4 is 34.8 Å². The third-order valence-electron chi connectivity index (χ3n) is 6.53. The summed E-state index contributed by atoms with van der Waals surface area (Å²) >= 11 is 1.05.